The van der Waals surface area contributed by atoms with Gasteiger partial charge in [0.15, 0.2) is 28.8 Å². The molecule has 0 saturated carbocycles. The lowest BCUT2D eigenvalue weighted by Gasteiger charge is -2.44. The molecular weight excluding hydrogens is 626 g/mol. The number of anilines is 1. The average Bonchev–Trinajstić information content (AvgIpc) is 3.44. The van der Waals surface area contributed by atoms with Crippen molar-refractivity contribution in [2.24, 2.45) is 21.9 Å². The average molecular weight is 660 g/mol. The summed E-state index contributed by atoms with van der Waals surface area (Å²) in [6, 6.07) is 2.29. The lowest BCUT2D eigenvalue weighted by Crippen LogP contribution is -2.63. The number of halogens is 4. The van der Waals surface area contributed by atoms with Crippen molar-refractivity contribution in [3.05, 3.63) is 54.2 Å². The number of nitrogens with two attached hydrogens (primary N) is 1. The normalized spacial score (nSPS) is 18.4. The maximum absolute atomic E-state index is 15.1. The number of methoxy groups -OCH3 is 1. The van der Waals surface area contributed by atoms with Crippen molar-refractivity contribution < 1.29 is 37.3 Å². The number of hydrogen-bond donors (Lipinski definition) is 3. The molecule has 1 fully saturated rings. The number of aliphatic hydroxyl groups is 1. The van der Waals surface area contributed by atoms with Crippen LogP contribution in [0.1, 0.15) is 32.3 Å². The molecule has 0 radical (unpaired) electrons. The van der Waals surface area contributed by atoms with Gasteiger partial charge in [0.2, 0.25) is 5.82 Å². The van der Waals surface area contributed by atoms with Crippen LogP contribution in [-0.4, -0.2) is 85.0 Å². The van der Waals surface area contributed by atoms with Crippen molar-refractivity contribution in [2.75, 3.05) is 25.1 Å². The molecule has 4 N–H and O–H groups in total. The highest BCUT2D eigenvalue weighted by atomic mass is 19.3. The number of imidazole rings is 1. The molecule has 3 aromatic heterocycles. The van der Waals surface area contributed by atoms with Crippen LogP contribution in [0.4, 0.5) is 29.1 Å². The van der Waals surface area contributed by atoms with Crippen molar-refractivity contribution in [1.82, 2.24) is 24.5 Å². The van der Waals surface area contributed by atoms with Gasteiger partial charge in [0.25, 0.3) is 6.43 Å². The van der Waals surface area contributed by atoms with E-state index in [1.165, 1.54) is 32.0 Å². The van der Waals surface area contributed by atoms with E-state index in [-0.39, 0.29) is 53.8 Å². The molecule has 17 heteroatoms. The number of rotatable bonds is 11. The fraction of sp³-hybridized carbons (Fsp3) is 0.433. The van der Waals surface area contributed by atoms with Crippen LogP contribution in [0.25, 0.3) is 22.4 Å². The lowest BCUT2D eigenvalue weighted by molar-refractivity contribution is -0.139. The molecule has 1 saturated heterocycles. The molecule has 0 aliphatic carbocycles. The summed E-state index contributed by atoms with van der Waals surface area (Å²) in [7, 11) is 1.21. The molecule has 0 bridgehead atoms. The predicted octanol–water partition coefficient (Wildman–Crippen LogP) is 4.34. The largest absolute Gasteiger partial charge is 0.494 e. The molecule has 4 heterocycles. The number of azo groups is 1. The number of aliphatic carboxylic acids is 1. The Morgan fingerprint density at radius 1 is 1.15 bits per heavy atom. The van der Waals surface area contributed by atoms with Gasteiger partial charge in [0.05, 0.1) is 43.1 Å². The van der Waals surface area contributed by atoms with Crippen molar-refractivity contribution >= 4 is 28.6 Å². The topological polar surface area (TPSA) is 177 Å². The van der Waals surface area contributed by atoms with Crippen molar-refractivity contribution in [3.8, 4) is 17.0 Å². The number of carbonyl (C=O) groups is 1. The van der Waals surface area contributed by atoms with E-state index in [0.29, 0.717) is 29.9 Å². The minimum atomic E-state index is -3.05. The van der Waals surface area contributed by atoms with E-state index < -0.39 is 41.7 Å². The number of benzene rings is 1. The second kappa shape index (κ2) is 13.5. The molecule has 47 heavy (non-hydrogen) atoms. The Morgan fingerprint density at radius 3 is 2.60 bits per heavy atom. The van der Waals surface area contributed by atoms with Gasteiger partial charge in [-0.3, -0.25) is 4.98 Å². The van der Waals surface area contributed by atoms with Crippen LogP contribution < -0.4 is 15.4 Å². The molecule has 5 rings (SSSR count). The molecule has 250 valence electrons. The van der Waals surface area contributed by atoms with Gasteiger partial charge < -0.3 is 30.2 Å². The van der Waals surface area contributed by atoms with Crippen LogP contribution in [0.3, 0.4) is 0 Å². The number of piperidine rings is 1. The summed E-state index contributed by atoms with van der Waals surface area (Å²) in [5.41, 5.74) is 6.09. The van der Waals surface area contributed by atoms with Gasteiger partial charge in [0.1, 0.15) is 18.2 Å². The molecule has 1 aliphatic heterocycles. The predicted molar refractivity (Wildman–Crippen MR) is 162 cm³/mol. The lowest BCUT2D eigenvalue weighted by atomic mass is 9.84. The van der Waals surface area contributed by atoms with E-state index >= 15 is 4.39 Å². The number of carboxylic acid groups (broad SMARTS) is 1. The highest BCUT2D eigenvalue weighted by Crippen LogP contribution is 2.35. The van der Waals surface area contributed by atoms with Crippen molar-refractivity contribution in [3.63, 3.8) is 0 Å². The standard InChI is InChI=1S/C30H33F4N9O4/c1-15(2)23(29(45)46)40-41-27-24-28(38-13-37-27)43(14-39-24)11-16-7-20(17-8-19(32)22(47-3)9-18(17)31)36-10-21(16)42-6-4-5-30(35,12-42)25(44)26(33)34/h7-10,13-15,23,25-26,44H,4-6,11-12,35H2,1-3H3,(H,45,46)/t23?,25-,30-/m1/s1. The highest BCUT2D eigenvalue weighted by molar-refractivity contribution is 5.81. The Labute approximate surface area is 266 Å². The molecule has 13 nitrogen and oxygen atoms in total. The maximum Gasteiger partial charge on any atom is 0.330 e. The van der Waals surface area contributed by atoms with Crippen LogP contribution >= 0.6 is 0 Å². The summed E-state index contributed by atoms with van der Waals surface area (Å²) in [5.74, 6) is -3.31. The second-order valence-corrected chi connectivity index (χ2v) is 11.7. The first kappa shape index (κ1) is 33.6. The Kier molecular flexibility index (Phi) is 9.67. The molecule has 3 atom stereocenters. The van der Waals surface area contributed by atoms with Gasteiger partial charge in [-0.25, -0.2) is 37.3 Å². The molecule has 0 spiro atoms. The van der Waals surface area contributed by atoms with Gasteiger partial charge in [-0.15, -0.1) is 5.11 Å². The Bertz CT molecular complexity index is 1800. The number of pyridine rings is 1. The van der Waals surface area contributed by atoms with E-state index in [2.05, 4.69) is 30.2 Å². The number of ether oxygens (including phenoxy) is 1. The van der Waals surface area contributed by atoms with Gasteiger partial charge in [-0.1, -0.05) is 13.8 Å². The zero-order valence-corrected chi connectivity index (χ0v) is 25.7. The Balaban J connectivity index is 1.58. The van der Waals surface area contributed by atoms with Crippen LogP contribution in [0.15, 0.2) is 47.3 Å². The van der Waals surface area contributed by atoms with Crippen molar-refractivity contribution in [1.29, 1.82) is 0 Å². The maximum atomic E-state index is 15.1. The smallest absolute Gasteiger partial charge is 0.330 e. The number of carboxylic acids is 1. The first-order valence-electron chi connectivity index (χ1n) is 14.6. The zero-order valence-electron chi connectivity index (χ0n) is 25.7. The van der Waals surface area contributed by atoms with Crippen LogP contribution in [0, 0.1) is 17.6 Å². The zero-order chi connectivity index (χ0) is 34.0. The van der Waals surface area contributed by atoms with E-state index in [0.717, 1.165) is 12.1 Å². The Hall–Kier alpha value is -4.77. The monoisotopic (exact) mass is 659 g/mol. The van der Waals surface area contributed by atoms with Gasteiger partial charge in [0, 0.05) is 24.7 Å². The first-order valence-corrected chi connectivity index (χ1v) is 14.6. The van der Waals surface area contributed by atoms with Crippen LogP contribution in [0.5, 0.6) is 5.75 Å². The minimum absolute atomic E-state index is 0.0322. The third-order valence-electron chi connectivity index (χ3n) is 8.09. The van der Waals surface area contributed by atoms with E-state index in [1.807, 2.05) is 0 Å². The first-order chi connectivity index (χ1) is 22.3. The number of nitrogens with zero attached hydrogens (tertiary/aromatic N) is 8. The quantitative estimate of drug-likeness (QED) is 0.155. The molecule has 4 aromatic rings. The second-order valence-electron chi connectivity index (χ2n) is 11.7. The number of aromatic nitrogens is 5. The van der Waals surface area contributed by atoms with Crippen LogP contribution in [0.2, 0.25) is 0 Å². The van der Waals surface area contributed by atoms with Crippen LogP contribution in [-0.2, 0) is 11.3 Å². The van der Waals surface area contributed by atoms with Gasteiger partial charge in [-0.2, -0.15) is 5.11 Å². The third kappa shape index (κ3) is 6.85. The summed E-state index contributed by atoms with van der Waals surface area (Å²) in [6.45, 7) is 3.69. The third-order valence-corrected chi connectivity index (χ3v) is 8.09. The summed E-state index contributed by atoms with van der Waals surface area (Å²) in [6.07, 6.45) is -0.503. The van der Waals surface area contributed by atoms with E-state index in [1.54, 1.807) is 23.3 Å². The summed E-state index contributed by atoms with van der Waals surface area (Å²) >= 11 is 0. The molecule has 1 aromatic carbocycles. The SMILES string of the molecule is COc1cc(F)c(-c2cc(Cn3cnc4c(N=NC(C(=O)O)C(C)C)ncnc43)c(N3CCC[C@](N)([C@H](O)C(F)F)C3)cn2)cc1F. The minimum Gasteiger partial charge on any atom is -0.494 e. The van der Waals surface area contributed by atoms with E-state index in [9.17, 15) is 28.2 Å². The molecule has 1 aliphatic rings. The molecular formula is C30H33F4N9O4. The van der Waals surface area contributed by atoms with Crippen molar-refractivity contribution in [2.45, 2.75) is 57.3 Å². The number of fused-ring (bicyclic) bond motifs is 1. The van der Waals surface area contributed by atoms with E-state index in [4.69, 9.17) is 10.5 Å². The number of hydrogen-bond acceptors (Lipinski definition) is 11. The number of alkyl halides is 2. The summed E-state index contributed by atoms with van der Waals surface area (Å²) in [4.78, 5) is 30.5. The fourth-order valence-corrected chi connectivity index (χ4v) is 5.57. The fourth-order valence-electron chi connectivity index (χ4n) is 5.57. The summed E-state index contributed by atoms with van der Waals surface area (Å²) < 4.78 is 63.3. The Morgan fingerprint density at radius 2 is 1.91 bits per heavy atom. The van der Waals surface area contributed by atoms with Gasteiger partial charge in [-0.05, 0) is 36.5 Å². The molecule has 0 amide bonds. The number of aliphatic hydroxyl groups excluding tert-OH is 1. The van der Waals surface area contributed by atoms with Gasteiger partial charge >= 0.3 is 5.97 Å². The molecule has 1 unspecified atom stereocenters. The highest BCUT2D eigenvalue weighted by Gasteiger charge is 2.43. The summed E-state index contributed by atoms with van der Waals surface area (Å²) in [5, 5.41) is 27.7.